The molecular formula is C12H18N4O3. The molecule has 0 fully saturated rings. The third-order valence-corrected chi connectivity index (χ3v) is 2.85. The second-order valence-corrected chi connectivity index (χ2v) is 4.14. The number of hydrogen-bond acceptors (Lipinski definition) is 5. The molecule has 19 heavy (non-hydrogen) atoms. The largest absolute Gasteiger partial charge is 0.494 e. The average Bonchev–Trinajstić information content (AvgIpc) is 2.45. The molecule has 0 bridgehead atoms. The number of hydrogen-bond donors (Lipinski definition) is 2. The molecule has 0 aliphatic carbocycles. The van der Waals surface area contributed by atoms with E-state index in [1.54, 1.807) is 13.1 Å². The number of pyridine rings is 1. The van der Waals surface area contributed by atoms with Gasteiger partial charge in [0, 0.05) is 25.7 Å². The molecule has 7 heteroatoms. The van der Waals surface area contributed by atoms with Crippen molar-refractivity contribution in [3.63, 3.8) is 0 Å². The lowest BCUT2D eigenvalue weighted by Crippen LogP contribution is -2.38. The Bertz CT molecular complexity index is 476. The molecule has 1 amide bonds. The SMILES string of the molecule is COc1cnccc1C(=O)N(C)C(C)C/C(N)=N/O. The lowest BCUT2D eigenvalue weighted by atomic mass is 10.1. The van der Waals surface area contributed by atoms with Gasteiger partial charge in [-0.05, 0) is 13.0 Å². The smallest absolute Gasteiger partial charge is 0.257 e. The maximum atomic E-state index is 12.3. The van der Waals surface area contributed by atoms with Crippen LogP contribution in [0.1, 0.15) is 23.7 Å². The highest BCUT2D eigenvalue weighted by Crippen LogP contribution is 2.18. The number of rotatable bonds is 5. The van der Waals surface area contributed by atoms with Crippen LogP contribution in [0.4, 0.5) is 0 Å². The molecule has 0 saturated heterocycles. The zero-order valence-electron chi connectivity index (χ0n) is 11.2. The Morgan fingerprint density at radius 2 is 2.37 bits per heavy atom. The predicted molar refractivity (Wildman–Crippen MR) is 70.4 cm³/mol. The Balaban J connectivity index is 2.87. The molecule has 1 heterocycles. The summed E-state index contributed by atoms with van der Waals surface area (Å²) in [5.41, 5.74) is 5.86. The minimum Gasteiger partial charge on any atom is -0.494 e. The van der Waals surface area contributed by atoms with E-state index in [0.717, 1.165) is 0 Å². The Morgan fingerprint density at radius 3 is 2.95 bits per heavy atom. The number of aromatic nitrogens is 1. The number of carbonyl (C=O) groups excluding carboxylic acids is 1. The van der Waals surface area contributed by atoms with E-state index < -0.39 is 0 Å². The van der Waals surface area contributed by atoms with Crippen LogP contribution in [-0.4, -0.2) is 47.0 Å². The highest BCUT2D eigenvalue weighted by Gasteiger charge is 2.21. The second kappa shape index (κ2) is 6.58. The zero-order valence-corrected chi connectivity index (χ0v) is 11.2. The summed E-state index contributed by atoms with van der Waals surface area (Å²) in [6.07, 6.45) is 3.29. The molecule has 0 radical (unpaired) electrons. The summed E-state index contributed by atoms with van der Waals surface area (Å²) in [5.74, 6) is 0.279. The zero-order chi connectivity index (χ0) is 14.4. The van der Waals surface area contributed by atoms with E-state index >= 15 is 0 Å². The van der Waals surface area contributed by atoms with Gasteiger partial charge in [-0.25, -0.2) is 0 Å². The summed E-state index contributed by atoms with van der Waals surface area (Å²) in [7, 11) is 3.13. The van der Waals surface area contributed by atoms with Gasteiger partial charge in [0.2, 0.25) is 0 Å². The molecule has 0 saturated carbocycles. The van der Waals surface area contributed by atoms with Gasteiger partial charge in [0.05, 0.1) is 18.9 Å². The average molecular weight is 266 g/mol. The van der Waals surface area contributed by atoms with Crippen LogP contribution in [0.15, 0.2) is 23.6 Å². The minimum atomic E-state index is -0.211. The Labute approximate surface area is 111 Å². The first-order valence-corrected chi connectivity index (χ1v) is 5.72. The van der Waals surface area contributed by atoms with Crippen LogP contribution in [0.2, 0.25) is 0 Å². The number of ether oxygens (including phenoxy) is 1. The maximum Gasteiger partial charge on any atom is 0.257 e. The molecule has 1 atom stereocenters. The molecule has 0 aliphatic rings. The van der Waals surface area contributed by atoms with E-state index in [0.29, 0.717) is 11.3 Å². The van der Waals surface area contributed by atoms with Crippen LogP contribution in [0.5, 0.6) is 5.75 Å². The summed E-state index contributed by atoms with van der Waals surface area (Å²) in [6.45, 7) is 1.81. The van der Waals surface area contributed by atoms with Crippen LogP contribution in [0.3, 0.4) is 0 Å². The fourth-order valence-electron chi connectivity index (χ4n) is 1.59. The van der Waals surface area contributed by atoms with Gasteiger partial charge < -0.3 is 20.6 Å². The molecule has 1 rings (SSSR count). The third kappa shape index (κ3) is 3.57. The van der Waals surface area contributed by atoms with Gasteiger partial charge >= 0.3 is 0 Å². The van der Waals surface area contributed by atoms with Crippen molar-refractivity contribution in [2.45, 2.75) is 19.4 Å². The van der Waals surface area contributed by atoms with Crippen molar-refractivity contribution in [1.29, 1.82) is 0 Å². The molecule has 3 N–H and O–H groups in total. The minimum absolute atomic E-state index is 0.0776. The lowest BCUT2D eigenvalue weighted by Gasteiger charge is -2.25. The van der Waals surface area contributed by atoms with E-state index in [9.17, 15) is 4.79 Å². The summed E-state index contributed by atoms with van der Waals surface area (Å²) in [4.78, 5) is 17.7. The maximum absolute atomic E-state index is 12.3. The number of amides is 1. The van der Waals surface area contributed by atoms with Crippen LogP contribution in [-0.2, 0) is 0 Å². The van der Waals surface area contributed by atoms with Gasteiger partial charge in [-0.3, -0.25) is 9.78 Å². The van der Waals surface area contributed by atoms with Crippen LogP contribution in [0, 0.1) is 0 Å². The summed E-state index contributed by atoms with van der Waals surface area (Å²) < 4.78 is 5.10. The molecule has 104 valence electrons. The van der Waals surface area contributed by atoms with Gasteiger partial charge in [0.1, 0.15) is 11.6 Å². The Hall–Kier alpha value is -2.31. The molecule has 1 aromatic heterocycles. The van der Waals surface area contributed by atoms with E-state index in [1.807, 2.05) is 6.92 Å². The number of carbonyl (C=O) groups is 1. The Kier molecular flexibility index (Phi) is 5.11. The van der Waals surface area contributed by atoms with Crippen molar-refractivity contribution in [1.82, 2.24) is 9.88 Å². The van der Waals surface area contributed by atoms with E-state index in [4.69, 9.17) is 15.7 Å². The number of oxime groups is 1. The molecular weight excluding hydrogens is 248 g/mol. The van der Waals surface area contributed by atoms with Crippen molar-refractivity contribution < 1.29 is 14.7 Å². The van der Waals surface area contributed by atoms with Crippen LogP contribution < -0.4 is 10.5 Å². The Morgan fingerprint density at radius 1 is 1.68 bits per heavy atom. The molecule has 0 aliphatic heterocycles. The fourth-order valence-corrected chi connectivity index (χ4v) is 1.59. The predicted octanol–water partition coefficient (Wildman–Crippen LogP) is 0.687. The monoisotopic (exact) mass is 266 g/mol. The summed E-state index contributed by atoms with van der Waals surface area (Å²) in [5, 5.41) is 11.4. The van der Waals surface area contributed by atoms with Gasteiger partial charge in [-0.15, -0.1) is 0 Å². The molecule has 0 spiro atoms. The van der Waals surface area contributed by atoms with Crippen molar-refractivity contribution in [2.75, 3.05) is 14.2 Å². The van der Waals surface area contributed by atoms with Crippen molar-refractivity contribution in [2.24, 2.45) is 10.9 Å². The number of nitrogens with zero attached hydrogens (tertiary/aromatic N) is 3. The van der Waals surface area contributed by atoms with Crippen molar-refractivity contribution in [3.05, 3.63) is 24.0 Å². The fraction of sp³-hybridized carbons (Fsp3) is 0.417. The molecule has 7 nitrogen and oxygen atoms in total. The van der Waals surface area contributed by atoms with Gasteiger partial charge in [0.15, 0.2) is 0 Å². The normalized spacial score (nSPS) is 12.9. The lowest BCUT2D eigenvalue weighted by molar-refractivity contribution is 0.0743. The van der Waals surface area contributed by atoms with Crippen LogP contribution >= 0.6 is 0 Å². The van der Waals surface area contributed by atoms with E-state index in [-0.39, 0.29) is 24.2 Å². The van der Waals surface area contributed by atoms with Crippen molar-refractivity contribution in [3.8, 4) is 5.75 Å². The number of methoxy groups -OCH3 is 1. The third-order valence-electron chi connectivity index (χ3n) is 2.85. The standard InChI is InChI=1S/C12H18N4O3/c1-8(6-11(13)15-18)16(2)12(17)9-4-5-14-7-10(9)19-3/h4-5,7-8,18H,6H2,1-3H3,(H2,13,15). The highest BCUT2D eigenvalue weighted by molar-refractivity contribution is 5.97. The quantitative estimate of drug-likeness (QED) is 0.353. The summed E-state index contributed by atoms with van der Waals surface area (Å²) in [6, 6.07) is 1.38. The first-order valence-electron chi connectivity index (χ1n) is 5.72. The van der Waals surface area contributed by atoms with Crippen LogP contribution in [0.25, 0.3) is 0 Å². The number of nitrogens with two attached hydrogens (primary N) is 1. The first-order chi connectivity index (χ1) is 9.01. The van der Waals surface area contributed by atoms with E-state index in [2.05, 4.69) is 10.1 Å². The topological polar surface area (TPSA) is 101 Å². The van der Waals surface area contributed by atoms with Gasteiger partial charge in [0.25, 0.3) is 5.91 Å². The van der Waals surface area contributed by atoms with Gasteiger partial charge in [-0.2, -0.15) is 0 Å². The van der Waals surface area contributed by atoms with E-state index in [1.165, 1.54) is 24.4 Å². The second-order valence-electron chi connectivity index (χ2n) is 4.14. The van der Waals surface area contributed by atoms with Gasteiger partial charge in [-0.1, -0.05) is 5.16 Å². The molecule has 0 aromatic carbocycles. The molecule has 1 aromatic rings. The van der Waals surface area contributed by atoms with Crippen molar-refractivity contribution >= 4 is 11.7 Å². The first kappa shape index (κ1) is 14.7. The molecule has 1 unspecified atom stereocenters. The highest BCUT2D eigenvalue weighted by atomic mass is 16.5. The number of amidine groups is 1. The summed E-state index contributed by atoms with van der Waals surface area (Å²) >= 11 is 0.